The molecule has 0 atom stereocenters. The van der Waals surface area contributed by atoms with Crippen LogP contribution in [0, 0.1) is 0 Å². The Hall–Kier alpha value is -1.52. The SMILES string of the molecule is C=C/C(=C\C(=C/C)CNC=O)C(F)(F)F. The summed E-state index contributed by atoms with van der Waals surface area (Å²) < 4.78 is 36.8. The minimum absolute atomic E-state index is 0.0629. The van der Waals surface area contributed by atoms with Gasteiger partial charge in [0.25, 0.3) is 0 Å². The number of halogens is 3. The molecule has 0 heterocycles. The van der Waals surface area contributed by atoms with Gasteiger partial charge in [-0.3, -0.25) is 4.79 Å². The van der Waals surface area contributed by atoms with Gasteiger partial charge in [-0.05, 0) is 18.6 Å². The molecule has 0 saturated heterocycles. The van der Waals surface area contributed by atoms with E-state index in [-0.39, 0.29) is 6.54 Å². The fraction of sp³-hybridized carbons (Fsp3) is 0.300. The van der Waals surface area contributed by atoms with E-state index in [4.69, 9.17) is 0 Å². The highest BCUT2D eigenvalue weighted by Crippen LogP contribution is 2.27. The van der Waals surface area contributed by atoms with Gasteiger partial charge in [-0.25, -0.2) is 0 Å². The first-order valence-corrected chi connectivity index (χ1v) is 4.19. The molecule has 0 unspecified atom stereocenters. The molecule has 0 rings (SSSR count). The molecule has 0 aromatic rings. The molecule has 1 N–H and O–H groups in total. The Bertz CT molecular complexity index is 290. The van der Waals surface area contributed by atoms with E-state index in [0.717, 1.165) is 12.2 Å². The number of rotatable bonds is 5. The van der Waals surface area contributed by atoms with Crippen molar-refractivity contribution in [3.63, 3.8) is 0 Å². The highest BCUT2D eigenvalue weighted by molar-refractivity contribution is 5.47. The van der Waals surface area contributed by atoms with Gasteiger partial charge < -0.3 is 5.32 Å². The van der Waals surface area contributed by atoms with E-state index in [9.17, 15) is 18.0 Å². The number of hydrogen-bond acceptors (Lipinski definition) is 1. The zero-order valence-electron chi connectivity index (χ0n) is 8.27. The van der Waals surface area contributed by atoms with Crippen molar-refractivity contribution < 1.29 is 18.0 Å². The van der Waals surface area contributed by atoms with Crippen LogP contribution in [-0.2, 0) is 4.79 Å². The van der Waals surface area contributed by atoms with Crippen LogP contribution in [0.5, 0.6) is 0 Å². The Kier molecular flexibility index (Phi) is 5.44. The smallest absolute Gasteiger partial charge is 0.355 e. The standard InChI is InChI=1S/C10H12F3NO/c1-3-8(6-14-7-15)5-9(4-2)10(11,12)13/h3-5,7H,2,6H2,1H3,(H,14,15)/b8-3+,9-5+. The lowest BCUT2D eigenvalue weighted by Crippen LogP contribution is -2.15. The predicted octanol–water partition coefficient (Wildman–Crippen LogP) is 2.35. The van der Waals surface area contributed by atoms with E-state index in [1.165, 1.54) is 6.08 Å². The average molecular weight is 219 g/mol. The second-order valence-electron chi connectivity index (χ2n) is 2.66. The van der Waals surface area contributed by atoms with E-state index < -0.39 is 11.7 Å². The van der Waals surface area contributed by atoms with Crippen LogP contribution < -0.4 is 5.32 Å². The van der Waals surface area contributed by atoms with E-state index >= 15 is 0 Å². The fourth-order valence-corrected chi connectivity index (χ4v) is 0.852. The Balaban J connectivity index is 4.80. The molecule has 0 aliphatic rings. The van der Waals surface area contributed by atoms with E-state index in [1.54, 1.807) is 6.92 Å². The summed E-state index contributed by atoms with van der Waals surface area (Å²) in [5, 5.41) is 2.29. The highest BCUT2D eigenvalue weighted by atomic mass is 19.4. The molecule has 0 bridgehead atoms. The molecule has 0 spiro atoms. The van der Waals surface area contributed by atoms with Crippen molar-refractivity contribution in [1.29, 1.82) is 0 Å². The molecule has 1 amide bonds. The summed E-state index contributed by atoms with van der Waals surface area (Å²) in [6.07, 6.45) is -0.810. The summed E-state index contributed by atoms with van der Waals surface area (Å²) in [5.41, 5.74) is -0.461. The quantitative estimate of drug-likeness (QED) is 0.558. The molecule has 15 heavy (non-hydrogen) atoms. The van der Waals surface area contributed by atoms with Crippen molar-refractivity contribution in [2.45, 2.75) is 13.1 Å². The number of nitrogens with one attached hydrogen (secondary N) is 1. The first-order chi connectivity index (χ1) is 6.95. The molecular formula is C10H12F3NO. The third-order valence-corrected chi connectivity index (χ3v) is 1.65. The van der Waals surface area contributed by atoms with Gasteiger partial charge in [-0.2, -0.15) is 13.2 Å². The zero-order chi connectivity index (χ0) is 11.9. The van der Waals surface area contributed by atoms with Crippen LogP contribution in [0.2, 0.25) is 0 Å². The van der Waals surface area contributed by atoms with Crippen molar-refractivity contribution in [3.05, 3.63) is 36.0 Å². The molecule has 0 aliphatic heterocycles. The maximum absolute atomic E-state index is 12.3. The lowest BCUT2D eigenvalue weighted by Gasteiger charge is -2.08. The van der Waals surface area contributed by atoms with Crippen LogP contribution in [-0.4, -0.2) is 19.1 Å². The Morgan fingerprint density at radius 3 is 2.40 bits per heavy atom. The van der Waals surface area contributed by atoms with Gasteiger partial charge in [0.05, 0.1) is 5.57 Å². The summed E-state index contributed by atoms with van der Waals surface area (Å²) in [5.74, 6) is 0. The molecule has 0 aliphatic carbocycles. The minimum Gasteiger partial charge on any atom is -0.355 e. The average Bonchev–Trinajstić information content (AvgIpc) is 2.16. The molecule has 84 valence electrons. The predicted molar refractivity (Wildman–Crippen MR) is 52.2 cm³/mol. The number of amides is 1. The first-order valence-electron chi connectivity index (χ1n) is 4.19. The first kappa shape index (κ1) is 13.5. The van der Waals surface area contributed by atoms with Crippen LogP contribution in [0.4, 0.5) is 13.2 Å². The monoisotopic (exact) mass is 219 g/mol. The second kappa shape index (κ2) is 6.06. The fourth-order valence-electron chi connectivity index (χ4n) is 0.852. The largest absolute Gasteiger partial charge is 0.416 e. The zero-order valence-corrected chi connectivity index (χ0v) is 8.27. The third kappa shape index (κ3) is 5.05. The summed E-state index contributed by atoms with van der Waals surface area (Å²) in [6, 6.07) is 0. The van der Waals surface area contributed by atoms with Gasteiger partial charge in [-0.15, -0.1) is 0 Å². The Morgan fingerprint density at radius 1 is 1.47 bits per heavy atom. The van der Waals surface area contributed by atoms with Gasteiger partial charge in [0, 0.05) is 6.54 Å². The van der Waals surface area contributed by atoms with Crippen LogP contribution in [0.3, 0.4) is 0 Å². The lowest BCUT2D eigenvalue weighted by molar-refractivity contribution is -0.109. The van der Waals surface area contributed by atoms with Crippen molar-refractivity contribution in [1.82, 2.24) is 5.32 Å². The van der Waals surface area contributed by atoms with Gasteiger partial charge in [0.2, 0.25) is 6.41 Å². The van der Waals surface area contributed by atoms with Gasteiger partial charge in [0.1, 0.15) is 0 Å². The Morgan fingerprint density at radius 2 is 2.07 bits per heavy atom. The molecule has 0 fully saturated rings. The van der Waals surface area contributed by atoms with Crippen LogP contribution in [0.25, 0.3) is 0 Å². The van der Waals surface area contributed by atoms with Crippen LogP contribution >= 0.6 is 0 Å². The van der Waals surface area contributed by atoms with Gasteiger partial charge >= 0.3 is 6.18 Å². The number of allylic oxidation sites excluding steroid dienone is 3. The van der Waals surface area contributed by atoms with Gasteiger partial charge in [0.15, 0.2) is 0 Å². The normalized spacial score (nSPS) is 13.6. The lowest BCUT2D eigenvalue weighted by atomic mass is 10.1. The van der Waals surface area contributed by atoms with Crippen molar-refractivity contribution >= 4 is 6.41 Å². The summed E-state index contributed by atoms with van der Waals surface area (Å²) in [7, 11) is 0. The minimum atomic E-state index is -4.42. The molecule has 5 heteroatoms. The number of alkyl halides is 3. The van der Waals surface area contributed by atoms with E-state index in [1.807, 2.05) is 0 Å². The highest BCUT2D eigenvalue weighted by Gasteiger charge is 2.31. The molecule has 0 aromatic carbocycles. The van der Waals surface area contributed by atoms with Crippen molar-refractivity contribution in [2.75, 3.05) is 6.54 Å². The summed E-state index contributed by atoms with van der Waals surface area (Å²) in [6.45, 7) is 4.75. The third-order valence-electron chi connectivity index (χ3n) is 1.65. The maximum atomic E-state index is 12.3. The molecule has 0 saturated carbocycles. The number of carbonyl (C=O) groups excluding carboxylic acids is 1. The van der Waals surface area contributed by atoms with E-state index in [2.05, 4.69) is 11.9 Å². The maximum Gasteiger partial charge on any atom is 0.416 e. The van der Waals surface area contributed by atoms with Gasteiger partial charge in [-0.1, -0.05) is 18.7 Å². The molecule has 2 nitrogen and oxygen atoms in total. The van der Waals surface area contributed by atoms with Crippen LogP contribution in [0.15, 0.2) is 36.0 Å². The van der Waals surface area contributed by atoms with Crippen molar-refractivity contribution in [2.24, 2.45) is 0 Å². The summed E-state index contributed by atoms with van der Waals surface area (Å²) >= 11 is 0. The topological polar surface area (TPSA) is 29.1 Å². The summed E-state index contributed by atoms with van der Waals surface area (Å²) in [4.78, 5) is 9.98. The number of hydrogen-bond donors (Lipinski definition) is 1. The van der Waals surface area contributed by atoms with Crippen molar-refractivity contribution in [3.8, 4) is 0 Å². The number of carbonyl (C=O) groups is 1. The molecular weight excluding hydrogens is 207 g/mol. The Labute approximate surface area is 86.2 Å². The molecule has 0 radical (unpaired) electrons. The second-order valence-corrected chi connectivity index (χ2v) is 2.66. The van der Waals surface area contributed by atoms with E-state index in [0.29, 0.717) is 12.0 Å². The molecule has 0 aromatic heterocycles. The van der Waals surface area contributed by atoms with Crippen LogP contribution in [0.1, 0.15) is 6.92 Å².